The molecule has 0 aromatic heterocycles. The molecule has 1 aliphatic heterocycles. The number of likely N-dealkylation sites (tertiary alicyclic amines) is 1. The molecule has 1 aliphatic rings. The van der Waals surface area contributed by atoms with Crippen LogP contribution in [0.1, 0.15) is 34.7 Å². The van der Waals surface area contributed by atoms with Crippen LogP contribution in [0.15, 0.2) is 109 Å². The molecule has 1 N–H and O–H groups in total. The molecular formula is C36H36N2O5. The van der Waals surface area contributed by atoms with Gasteiger partial charge in [-0.15, -0.1) is 0 Å². The lowest BCUT2D eigenvalue weighted by molar-refractivity contribution is -0.139. The molecule has 4 aromatic carbocycles. The number of amides is 1. The Labute approximate surface area is 252 Å². The Hall–Kier alpha value is -4.88. The number of benzene rings is 4. The van der Waals surface area contributed by atoms with Gasteiger partial charge in [-0.05, 0) is 99.2 Å². The van der Waals surface area contributed by atoms with Crippen LogP contribution in [0.5, 0.6) is 17.2 Å². The number of rotatable bonds is 11. The predicted molar refractivity (Wildman–Crippen MR) is 167 cm³/mol. The summed E-state index contributed by atoms with van der Waals surface area (Å²) >= 11 is 0. The summed E-state index contributed by atoms with van der Waals surface area (Å²) in [5.41, 5.74) is 3.39. The zero-order valence-electron chi connectivity index (χ0n) is 24.7. The first-order chi connectivity index (χ1) is 20.8. The lowest BCUT2D eigenvalue weighted by Crippen LogP contribution is -2.32. The summed E-state index contributed by atoms with van der Waals surface area (Å²) in [7, 11) is 3.93. The van der Waals surface area contributed by atoms with Crippen molar-refractivity contribution in [3.8, 4) is 17.2 Å². The first-order valence-corrected chi connectivity index (χ1v) is 14.4. The molecule has 1 saturated heterocycles. The Morgan fingerprint density at radius 1 is 0.837 bits per heavy atom. The van der Waals surface area contributed by atoms with Crippen molar-refractivity contribution in [2.45, 2.75) is 26.0 Å². The highest BCUT2D eigenvalue weighted by Crippen LogP contribution is 2.41. The van der Waals surface area contributed by atoms with Gasteiger partial charge in [0.15, 0.2) is 0 Å². The fourth-order valence-electron chi connectivity index (χ4n) is 5.18. The van der Waals surface area contributed by atoms with Gasteiger partial charge >= 0.3 is 0 Å². The average Bonchev–Trinajstić information content (AvgIpc) is 3.26. The highest BCUT2D eigenvalue weighted by Gasteiger charge is 2.45. The molecule has 1 heterocycles. The van der Waals surface area contributed by atoms with E-state index < -0.39 is 17.7 Å². The number of carbonyl (C=O) groups excluding carboxylic acids is 2. The number of nitrogens with zero attached hydrogens (tertiary/aromatic N) is 2. The van der Waals surface area contributed by atoms with Crippen molar-refractivity contribution in [3.05, 3.63) is 131 Å². The second-order valence-electron chi connectivity index (χ2n) is 10.9. The van der Waals surface area contributed by atoms with Crippen molar-refractivity contribution < 1.29 is 24.2 Å². The Morgan fingerprint density at radius 2 is 1.53 bits per heavy atom. The van der Waals surface area contributed by atoms with Gasteiger partial charge in [0.1, 0.15) is 29.6 Å². The number of para-hydroxylation sites is 1. The van der Waals surface area contributed by atoms with Crippen LogP contribution in [0.2, 0.25) is 0 Å². The summed E-state index contributed by atoms with van der Waals surface area (Å²) in [6.45, 7) is 3.56. The topological polar surface area (TPSA) is 79.3 Å². The van der Waals surface area contributed by atoms with E-state index in [1.165, 1.54) is 0 Å². The van der Waals surface area contributed by atoms with E-state index in [1.54, 1.807) is 29.2 Å². The molecule has 43 heavy (non-hydrogen) atoms. The zero-order chi connectivity index (χ0) is 30.3. The fraction of sp³-hybridized carbons (Fsp3) is 0.222. The van der Waals surface area contributed by atoms with Gasteiger partial charge in [-0.25, -0.2) is 0 Å². The largest absolute Gasteiger partial charge is 0.507 e. The molecule has 5 rings (SSSR count). The van der Waals surface area contributed by atoms with E-state index in [-0.39, 0.29) is 11.3 Å². The minimum absolute atomic E-state index is 0.0558. The van der Waals surface area contributed by atoms with E-state index in [4.69, 9.17) is 9.47 Å². The Balaban J connectivity index is 1.46. The lowest BCUT2D eigenvalue weighted by Gasteiger charge is -2.26. The first kappa shape index (κ1) is 29.6. The van der Waals surface area contributed by atoms with E-state index in [0.717, 1.165) is 17.7 Å². The van der Waals surface area contributed by atoms with Crippen LogP contribution in [-0.2, 0) is 16.2 Å². The SMILES string of the molecule is Cc1ccccc1COc1ccc(C(O)=C2C(=O)C(=O)N(CCCN(C)C)C2c2cccc(Oc3ccccc3)c2)cc1. The third kappa shape index (κ3) is 6.96. The molecule has 0 aliphatic carbocycles. The summed E-state index contributed by atoms with van der Waals surface area (Å²) in [5, 5.41) is 11.5. The number of ketones is 1. The monoisotopic (exact) mass is 576 g/mol. The molecular weight excluding hydrogens is 540 g/mol. The standard InChI is InChI=1S/C36H36N2O5/c1-25-11-7-8-12-28(25)24-42-29-19-17-26(18-20-29)34(39)32-33(38(36(41)35(32)40)22-10-21-37(2)3)27-13-9-16-31(23-27)43-30-14-5-4-6-15-30/h4-9,11-20,23,33,39H,10,21-22,24H2,1-3H3. The van der Waals surface area contributed by atoms with Gasteiger partial charge in [0, 0.05) is 12.1 Å². The van der Waals surface area contributed by atoms with Crippen molar-refractivity contribution in [1.82, 2.24) is 9.80 Å². The van der Waals surface area contributed by atoms with Gasteiger partial charge in [-0.3, -0.25) is 9.59 Å². The zero-order valence-corrected chi connectivity index (χ0v) is 24.7. The van der Waals surface area contributed by atoms with Gasteiger partial charge < -0.3 is 24.4 Å². The second-order valence-corrected chi connectivity index (χ2v) is 10.9. The van der Waals surface area contributed by atoms with Crippen LogP contribution >= 0.6 is 0 Å². The molecule has 4 aromatic rings. The molecule has 0 spiro atoms. The lowest BCUT2D eigenvalue weighted by atomic mass is 9.95. The van der Waals surface area contributed by atoms with E-state index in [0.29, 0.717) is 47.9 Å². The van der Waals surface area contributed by atoms with Crippen LogP contribution < -0.4 is 9.47 Å². The maximum atomic E-state index is 13.5. The quantitative estimate of drug-likeness (QED) is 0.121. The van der Waals surface area contributed by atoms with Crippen molar-refractivity contribution in [3.63, 3.8) is 0 Å². The fourth-order valence-corrected chi connectivity index (χ4v) is 5.18. The minimum atomic E-state index is -0.765. The van der Waals surface area contributed by atoms with Crippen LogP contribution in [-0.4, -0.2) is 53.8 Å². The van der Waals surface area contributed by atoms with Crippen molar-refractivity contribution in [2.75, 3.05) is 27.2 Å². The van der Waals surface area contributed by atoms with Gasteiger partial charge in [0.05, 0.1) is 11.6 Å². The summed E-state index contributed by atoms with van der Waals surface area (Å²) in [6, 6.07) is 30.9. The smallest absolute Gasteiger partial charge is 0.295 e. The van der Waals surface area contributed by atoms with E-state index >= 15 is 0 Å². The summed E-state index contributed by atoms with van der Waals surface area (Å²) in [6.07, 6.45) is 0.670. The average molecular weight is 577 g/mol. The van der Waals surface area contributed by atoms with Crippen molar-refractivity contribution >= 4 is 17.4 Å². The normalized spacial score (nSPS) is 16.1. The summed E-state index contributed by atoms with van der Waals surface area (Å²) < 4.78 is 12.0. The van der Waals surface area contributed by atoms with Gasteiger partial charge in [-0.2, -0.15) is 0 Å². The molecule has 1 amide bonds. The van der Waals surface area contributed by atoms with Crippen LogP contribution in [0, 0.1) is 6.92 Å². The molecule has 1 fully saturated rings. The third-order valence-corrected chi connectivity index (χ3v) is 7.48. The number of ether oxygens (including phenoxy) is 2. The van der Waals surface area contributed by atoms with Crippen LogP contribution in [0.4, 0.5) is 0 Å². The molecule has 7 heteroatoms. The molecule has 0 saturated carbocycles. The van der Waals surface area contributed by atoms with Crippen LogP contribution in [0.25, 0.3) is 5.76 Å². The van der Waals surface area contributed by atoms with Crippen LogP contribution in [0.3, 0.4) is 0 Å². The molecule has 1 atom stereocenters. The van der Waals surface area contributed by atoms with Gasteiger partial charge in [0.2, 0.25) is 0 Å². The Bertz CT molecular complexity index is 1610. The maximum absolute atomic E-state index is 13.5. The van der Waals surface area contributed by atoms with E-state index in [9.17, 15) is 14.7 Å². The highest BCUT2D eigenvalue weighted by atomic mass is 16.5. The van der Waals surface area contributed by atoms with Crippen molar-refractivity contribution in [1.29, 1.82) is 0 Å². The predicted octanol–water partition coefficient (Wildman–Crippen LogP) is 6.74. The molecule has 7 nitrogen and oxygen atoms in total. The Kier molecular flexibility index (Phi) is 9.23. The number of aryl methyl sites for hydroxylation is 1. The number of Topliss-reactive ketones (excluding diaryl/α,β-unsaturated/α-hetero) is 1. The Morgan fingerprint density at radius 3 is 2.26 bits per heavy atom. The number of aliphatic hydroxyl groups excluding tert-OH is 1. The summed E-state index contributed by atoms with van der Waals surface area (Å²) in [5.74, 6) is 0.311. The van der Waals surface area contributed by atoms with Gasteiger partial charge in [0.25, 0.3) is 11.7 Å². The van der Waals surface area contributed by atoms with Crippen molar-refractivity contribution in [2.24, 2.45) is 0 Å². The van der Waals surface area contributed by atoms with E-state index in [1.807, 2.05) is 105 Å². The number of carbonyl (C=O) groups is 2. The summed E-state index contributed by atoms with van der Waals surface area (Å²) in [4.78, 5) is 30.4. The number of hydrogen-bond donors (Lipinski definition) is 1. The molecule has 220 valence electrons. The number of aliphatic hydroxyl groups is 1. The second kappa shape index (κ2) is 13.4. The van der Waals surface area contributed by atoms with Gasteiger partial charge in [-0.1, -0.05) is 54.6 Å². The highest BCUT2D eigenvalue weighted by molar-refractivity contribution is 6.46. The van der Waals surface area contributed by atoms with E-state index in [2.05, 4.69) is 0 Å². The third-order valence-electron chi connectivity index (χ3n) is 7.48. The molecule has 1 unspecified atom stereocenters. The minimum Gasteiger partial charge on any atom is -0.507 e. The molecule has 0 radical (unpaired) electrons. The molecule has 0 bridgehead atoms. The number of hydrogen-bond acceptors (Lipinski definition) is 6. The first-order valence-electron chi connectivity index (χ1n) is 14.4. The maximum Gasteiger partial charge on any atom is 0.295 e.